The number of ketones is 1. The van der Waals surface area contributed by atoms with Crippen LogP contribution in [0.3, 0.4) is 0 Å². The summed E-state index contributed by atoms with van der Waals surface area (Å²) in [4.78, 5) is 28.0. The van der Waals surface area contributed by atoms with Crippen molar-refractivity contribution in [3.05, 3.63) is 35.9 Å². The Balaban J connectivity index is 2.17. The summed E-state index contributed by atoms with van der Waals surface area (Å²) in [7, 11) is 0. The molecule has 7 nitrogen and oxygen atoms in total. The quantitative estimate of drug-likeness (QED) is 0.848. The Kier molecular flexibility index (Phi) is 3.88. The molecule has 2 heterocycles. The number of Topliss-reactive ketones (excluding diaryl/α,β-unsaturated/α-hetero) is 1. The van der Waals surface area contributed by atoms with Gasteiger partial charge in [0.2, 0.25) is 11.9 Å². The molecule has 0 aliphatic carbocycles. The topological polar surface area (TPSA) is 121 Å². The predicted molar refractivity (Wildman–Crippen MR) is 74.7 cm³/mol. The van der Waals surface area contributed by atoms with Crippen LogP contribution in [0.15, 0.2) is 24.8 Å². The Bertz CT molecular complexity index is 542. The van der Waals surface area contributed by atoms with Crippen LogP contribution in [0.5, 0.6) is 0 Å². The number of nitrogens with two attached hydrogens (primary N) is 2. The van der Waals surface area contributed by atoms with Crippen LogP contribution in [0.2, 0.25) is 0 Å². The van der Waals surface area contributed by atoms with Gasteiger partial charge in [0, 0.05) is 36.6 Å². The van der Waals surface area contributed by atoms with Gasteiger partial charge < -0.3 is 11.5 Å². The van der Waals surface area contributed by atoms with Crippen molar-refractivity contribution in [2.45, 2.75) is 25.7 Å². The average molecular weight is 272 g/mol. The van der Waals surface area contributed by atoms with Crippen LogP contribution in [0.25, 0.3) is 0 Å². The summed E-state index contributed by atoms with van der Waals surface area (Å²) < 4.78 is 0. The highest BCUT2D eigenvalue weighted by Crippen LogP contribution is 2.24. The molecule has 2 unspecified atom stereocenters. The van der Waals surface area contributed by atoms with Gasteiger partial charge in [0.05, 0.1) is 0 Å². The summed E-state index contributed by atoms with van der Waals surface area (Å²) in [5.41, 5.74) is 12.3. The number of rotatable bonds is 4. The first-order chi connectivity index (χ1) is 9.49. The van der Waals surface area contributed by atoms with E-state index in [1.165, 1.54) is 0 Å². The molecular formula is C13H16N6O. The molecule has 0 saturated carbocycles. The molecule has 0 saturated heterocycles. The van der Waals surface area contributed by atoms with E-state index in [9.17, 15) is 4.79 Å². The highest BCUT2D eigenvalue weighted by Gasteiger charge is 2.23. The maximum Gasteiger partial charge on any atom is 0.219 e. The van der Waals surface area contributed by atoms with Crippen LogP contribution in [-0.2, 0) is 4.79 Å². The van der Waals surface area contributed by atoms with E-state index in [0.717, 1.165) is 11.1 Å². The maximum atomic E-state index is 12.4. The summed E-state index contributed by atoms with van der Waals surface area (Å²) in [5, 5.41) is 0. The third-order valence-electron chi connectivity index (χ3n) is 3.24. The van der Waals surface area contributed by atoms with Gasteiger partial charge >= 0.3 is 0 Å². The van der Waals surface area contributed by atoms with E-state index in [1.54, 1.807) is 24.8 Å². The molecule has 104 valence electrons. The number of nitrogen functional groups attached to an aromatic ring is 2. The first-order valence-corrected chi connectivity index (χ1v) is 6.17. The molecule has 2 aromatic heterocycles. The van der Waals surface area contributed by atoms with Gasteiger partial charge in [0.15, 0.2) is 0 Å². The number of aromatic nitrogens is 4. The van der Waals surface area contributed by atoms with Crippen molar-refractivity contribution >= 4 is 17.7 Å². The minimum atomic E-state index is -0.330. The second-order valence-corrected chi connectivity index (χ2v) is 4.59. The summed E-state index contributed by atoms with van der Waals surface area (Å²) in [5.74, 6) is -0.250. The Morgan fingerprint density at radius 1 is 0.850 bits per heavy atom. The second-order valence-electron chi connectivity index (χ2n) is 4.59. The van der Waals surface area contributed by atoms with Crippen molar-refractivity contribution in [1.82, 2.24) is 19.9 Å². The number of carbonyl (C=O) groups excluding carboxylic acids is 1. The first-order valence-electron chi connectivity index (χ1n) is 6.17. The van der Waals surface area contributed by atoms with Crippen LogP contribution in [0, 0.1) is 0 Å². The zero-order valence-electron chi connectivity index (χ0n) is 11.3. The lowest BCUT2D eigenvalue weighted by molar-refractivity contribution is -0.121. The van der Waals surface area contributed by atoms with E-state index in [-0.39, 0.29) is 29.5 Å². The molecule has 0 spiro atoms. The van der Waals surface area contributed by atoms with Crippen LogP contribution < -0.4 is 11.5 Å². The first kappa shape index (κ1) is 13.9. The van der Waals surface area contributed by atoms with Crippen molar-refractivity contribution in [1.29, 1.82) is 0 Å². The van der Waals surface area contributed by atoms with E-state index in [0.29, 0.717) is 0 Å². The van der Waals surface area contributed by atoms with Crippen molar-refractivity contribution in [3.63, 3.8) is 0 Å². The normalized spacial score (nSPS) is 13.7. The molecule has 0 radical (unpaired) electrons. The third-order valence-corrected chi connectivity index (χ3v) is 3.24. The number of anilines is 2. The van der Waals surface area contributed by atoms with E-state index in [2.05, 4.69) is 19.9 Å². The molecule has 2 atom stereocenters. The van der Waals surface area contributed by atoms with Gasteiger partial charge in [-0.2, -0.15) is 0 Å². The molecule has 7 heteroatoms. The lowest BCUT2D eigenvalue weighted by atomic mass is 9.88. The third kappa shape index (κ3) is 2.87. The van der Waals surface area contributed by atoms with Crippen molar-refractivity contribution in [2.75, 3.05) is 11.5 Å². The Morgan fingerprint density at radius 2 is 1.15 bits per heavy atom. The van der Waals surface area contributed by atoms with Gasteiger partial charge in [-0.25, -0.2) is 19.9 Å². The summed E-state index contributed by atoms with van der Waals surface area (Å²) >= 11 is 0. The number of hydrogen-bond acceptors (Lipinski definition) is 7. The van der Waals surface area contributed by atoms with Gasteiger partial charge in [-0.15, -0.1) is 0 Å². The molecule has 0 aromatic carbocycles. The highest BCUT2D eigenvalue weighted by atomic mass is 16.1. The molecule has 2 aromatic rings. The Morgan fingerprint density at radius 3 is 1.45 bits per heavy atom. The van der Waals surface area contributed by atoms with Crippen molar-refractivity contribution in [3.8, 4) is 0 Å². The smallest absolute Gasteiger partial charge is 0.219 e. The number of carbonyl (C=O) groups is 1. The minimum absolute atomic E-state index is 0.0340. The highest BCUT2D eigenvalue weighted by molar-refractivity contribution is 5.90. The monoisotopic (exact) mass is 272 g/mol. The zero-order valence-corrected chi connectivity index (χ0v) is 11.3. The van der Waals surface area contributed by atoms with Crippen LogP contribution in [0.4, 0.5) is 11.9 Å². The Labute approximate surface area is 116 Å². The SMILES string of the molecule is CC(C(=O)C(C)c1cnc(N)nc1)c1cnc(N)nc1. The van der Waals surface area contributed by atoms with Crippen molar-refractivity contribution in [2.24, 2.45) is 0 Å². The molecule has 0 aliphatic heterocycles. The summed E-state index contributed by atoms with van der Waals surface area (Å²) in [6, 6.07) is 0. The standard InChI is InChI=1S/C13H16N6O/c1-7(9-3-16-12(14)17-4-9)11(20)8(2)10-5-18-13(15)19-6-10/h3-8H,1-2H3,(H2,14,16,17)(H2,15,18,19). The molecular weight excluding hydrogens is 256 g/mol. The van der Waals surface area contributed by atoms with Crippen LogP contribution in [0.1, 0.15) is 36.8 Å². The van der Waals surface area contributed by atoms with Crippen LogP contribution >= 0.6 is 0 Å². The number of nitrogens with zero attached hydrogens (tertiary/aromatic N) is 4. The lowest BCUT2D eigenvalue weighted by Crippen LogP contribution is -2.17. The molecule has 0 fully saturated rings. The van der Waals surface area contributed by atoms with E-state index in [4.69, 9.17) is 11.5 Å². The maximum absolute atomic E-state index is 12.4. The molecule has 0 aliphatic rings. The van der Waals surface area contributed by atoms with Crippen LogP contribution in [-0.4, -0.2) is 25.7 Å². The van der Waals surface area contributed by atoms with E-state index >= 15 is 0 Å². The van der Waals surface area contributed by atoms with Gasteiger partial charge in [-0.1, -0.05) is 13.8 Å². The van der Waals surface area contributed by atoms with E-state index < -0.39 is 0 Å². The fraction of sp³-hybridized carbons (Fsp3) is 0.308. The Hall–Kier alpha value is -2.57. The van der Waals surface area contributed by atoms with Crippen molar-refractivity contribution < 1.29 is 4.79 Å². The molecule has 4 N–H and O–H groups in total. The second kappa shape index (κ2) is 5.60. The molecule has 20 heavy (non-hydrogen) atoms. The predicted octanol–water partition coefficient (Wildman–Crippen LogP) is 0.907. The van der Waals surface area contributed by atoms with Gasteiger partial charge in [-0.05, 0) is 11.1 Å². The summed E-state index contributed by atoms with van der Waals surface area (Å²) in [6.45, 7) is 3.62. The minimum Gasteiger partial charge on any atom is -0.368 e. The zero-order chi connectivity index (χ0) is 14.7. The molecule has 0 amide bonds. The fourth-order valence-corrected chi connectivity index (χ4v) is 1.85. The lowest BCUT2D eigenvalue weighted by Gasteiger charge is -2.16. The fourth-order valence-electron chi connectivity index (χ4n) is 1.85. The number of hydrogen-bond donors (Lipinski definition) is 2. The van der Waals surface area contributed by atoms with Gasteiger partial charge in [0.25, 0.3) is 0 Å². The van der Waals surface area contributed by atoms with E-state index in [1.807, 2.05) is 13.8 Å². The summed E-state index contributed by atoms with van der Waals surface area (Å²) in [6.07, 6.45) is 6.27. The largest absolute Gasteiger partial charge is 0.368 e. The van der Waals surface area contributed by atoms with Gasteiger partial charge in [0.1, 0.15) is 5.78 Å². The average Bonchev–Trinajstić information content (AvgIpc) is 2.46. The molecule has 2 rings (SSSR count). The molecule has 0 bridgehead atoms. The van der Waals surface area contributed by atoms with Gasteiger partial charge in [-0.3, -0.25) is 4.79 Å².